The number of nitrogen functional groups attached to an aromatic ring is 1. The van der Waals surface area contributed by atoms with Gasteiger partial charge < -0.3 is 15.2 Å². The summed E-state index contributed by atoms with van der Waals surface area (Å²) < 4.78 is 11.7. The van der Waals surface area contributed by atoms with Crippen LogP contribution in [0.2, 0.25) is 0 Å². The number of hydrogen-bond donors (Lipinski definition) is 1. The molecule has 0 unspecified atom stereocenters. The maximum atomic E-state index is 13.4. The van der Waals surface area contributed by atoms with Crippen LogP contribution in [-0.4, -0.2) is 40.6 Å². The SMILES string of the molecule is COC(=O)Cn1c(=O)c(C(=O)COC(=O)c2c3ccccc3cc3ccccc23)c(N)n(Cc2ccccc2)c1=O. The van der Waals surface area contributed by atoms with Crippen LogP contribution in [0.5, 0.6) is 0 Å². The minimum absolute atomic E-state index is 0.0744. The molecule has 0 atom stereocenters. The fourth-order valence-electron chi connectivity index (χ4n) is 4.74. The largest absolute Gasteiger partial charge is 0.468 e. The smallest absolute Gasteiger partial charge is 0.339 e. The van der Waals surface area contributed by atoms with Gasteiger partial charge in [-0.1, -0.05) is 78.9 Å². The molecule has 0 aliphatic carbocycles. The second-order valence-corrected chi connectivity index (χ2v) is 9.28. The minimum Gasteiger partial charge on any atom is -0.468 e. The van der Waals surface area contributed by atoms with Gasteiger partial charge in [-0.25, -0.2) is 14.2 Å². The van der Waals surface area contributed by atoms with Crippen molar-refractivity contribution in [2.24, 2.45) is 0 Å². The maximum absolute atomic E-state index is 13.4. The molecular formula is C31H25N3O7. The van der Waals surface area contributed by atoms with Crippen LogP contribution in [0.4, 0.5) is 5.82 Å². The standard InChI is InChI=1S/C31H25N3O7/c1-40-25(36)17-34-29(37)27(28(32)33(31(34)39)16-19-9-3-2-4-10-19)24(35)18-41-30(38)26-22-13-7-5-11-20(22)15-21-12-6-8-14-23(21)26/h2-15H,16-18,32H2,1H3. The Bertz CT molecular complexity index is 1890. The van der Waals surface area contributed by atoms with Gasteiger partial charge in [-0.15, -0.1) is 0 Å². The quantitative estimate of drug-likeness (QED) is 0.176. The number of rotatable bonds is 8. The van der Waals surface area contributed by atoms with Crippen LogP contribution in [0, 0.1) is 0 Å². The predicted octanol–water partition coefficient (Wildman–Crippen LogP) is 3.16. The van der Waals surface area contributed by atoms with Crippen LogP contribution in [-0.2, 0) is 27.4 Å². The molecule has 0 saturated heterocycles. The van der Waals surface area contributed by atoms with Crippen molar-refractivity contribution >= 4 is 45.1 Å². The average molecular weight is 552 g/mol. The molecule has 0 radical (unpaired) electrons. The fourth-order valence-corrected chi connectivity index (χ4v) is 4.74. The van der Waals surface area contributed by atoms with Crippen molar-refractivity contribution in [3.63, 3.8) is 0 Å². The molecular weight excluding hydrogens is 526 g/mol. The normalized spacial score (nSPS) is 11.0. The number of nitrogens with zero attached hydrogens (tertiary/aromatic N) is 2. The number of ether oxygens (including phenoxy) is 2. The highest BCUT2D eigenvalue weighted by Crippen LogP contribution is 2.29. The van der Waals surface area contributed by atoms with Gasteiger partial charge in [0.15, 0.2) is 6.61 Å². The van der Waals surface area contributed by atoms with Crippen LogP contribution < -0.4 is 17.0 Å². The first kappa shape index (κ1) is 27.1. The van der Waals surface area contributed by atoms with Crippen molar-refractivity contribution in [3.05, 3.63) is 122 Å². The lowest BCUT2D eigenvalue weighted by Gasteiger charge is -2.16. The molecule has 5 aromatic rings. The molecule has 5 rings (SSSR count). The first-order valence-corrected chi connectivity index (χ1v) is 12.6. The molecule has 0 amide bonds. The zero-order valence-corrected chi connectivity index (χ0v) is 22.0. The lowest BCUT2D eigenvalue weighted by molar-refractivity contribution is -0.141. The van der Waals surface area contributed by atoms with E-state index in [9.17, 15) is 24.0 Å². The molecule has 0 saturated carbocycles. The lowest BCUT2D eigenvalue weighted by Crippen LogP contribution is -2.46. The molecule has 1 aromatic heterocycles. The van der Waals surface area contributed by atoms with E-state index in [1.165, 1.54) is 0 Å². The van der Waals surface area contributed by atoms with Crippen LogP contribution in [0.15, 0.2) is 94.5 Å². The van der Waals surface area contributed by atoms with Crippen molar-refractivity contribution in [1.82, 2.24) is 9.13 Å². The highest BCUT2D eigenvalue weighted by molar-refractivity contribution is 6.17. The van der Waals surface area contributed by atoms with E-state index < -0.39 is 53.5 Å². The van der Waals surface area contributed by atoms with Crippen LogP contribution in [0.1, 0.15) is 26.3 Å². The maximum Gasteiger partial charge on any atom is 0.339 e. The molecule has 41 heavy (non-hydrogen) atoms. The number of nitrogens with two attached hydrogens (primary N) is 1. The van der Waals surface area contributed by atoms with Crippen LogP contribution >= 0.6 is 0 Å². The highest BCUT2D eigenvalue weighted by atomic mass is 16.5. The molecule has 10 heteroatoms. The summed E-state index contributed by atoms with van der Waals surface area (Å²) in [7, 11) is 1.11. The predicted molar refractivity (Wildman–Crippen MR) is 153 cm³/mol. The number of Topliss-reactive ketones (excluding diaryl/α,β-unsaturated/α-hetero) is 1. The number of benzene rings is 4. The van der Waals surface area contributed by atoms with E-state index in [2.05, 4.69) is 4.74 Å². The van der Waals surface area contributed by atoms with E-state index >= 15 is 0 Å². The van der Waals surface area contributed by atoms with Gasteiger partial charge in [-0.3, -0.25) is 19.0 Å². The summed E-state index contributed by atoms with van der Waals surface area (Å²) in [6, 6.07) is 25.3. The third-order valence-electron chi connectivity index (χ3n) is 6.75. The Morgan fingerprint density at radius 1 is 0.780 bits per heavy atom. The van der Waals surface area contributed by atoms with Gasteiger partial charge in [0, 0.05) is 0 Å². The van der Waals surface area contributed by atoms with E-state index in [1.807, 2.05) is 30.3 Å². The molecule has 10 nitrogen and oxygen atoms in total. The molecule has 4 aromatic carbocycles. The summed E-state index contributed by atoms with van der Waals surface area (Å²) >= 11 is 0. The van der Waals surface area contributed by atoms with Gasteiger partial charge in [0.2, 0.25) is 5.78 Å². The summed E-state index contributed by atoms with van der Waals surface area (Å²) in [5.74, 6) is -2.96. The van der Waals surface area contributed by atoms with E-state index in [0.717, 1.165) is 22.4 Å². The van der Waals surface area contributed by atoms with Crippen molar-refractivity contribution in [3.8, 4) is 0 Å². The summed E-state index contributed by atoms with van der Waals surface area (Å²) in [5.41, 5.74) is 4.60. The first-order chi connectivity index (χ1) is 19.8. The number of aromatic nitrogens is 2. The number of anilines is 1. The number of esters is 2. The van der Waals surface area contributed by atoms with Gasteiger partial charge in [0.05, 0.1) is 19.2 Å². The van der Waals surface area contributed by atoms with Crippen molar-refractivity contribution < 1.29 is 23.9 Å². The summed E-state index contributed by atoms with van der Waals surface area (Å²) in [6.07, 6.45) is 0. The first-order valence-electron chi connectivity index (χ1n) is 12.6. The Morgan fingerprint density at radius 2 is 1.37 bits per heavy atom. The third kappa shape index (κ3) is 5.22. The number of carbonyl (C=O) groups excluding carboxylic acids is 3. The van der Waals surface area contributed by atoms with Gasteiger partial charge >= 0.3 is 17.6 Å². The summed E-state index contributed by atoms with van der Waals surface area (Å²) in [4.78, 5) is 65.2. The Hall–Kier alpha value is -5.51. The van der Waals surface area contributed by atoms with Crippen LogP contribution in [0.25, 0.3) is 21.5 Å². The fraction of sp³-hybridized carbons (Fsp3) is 0.129. The Labute approximate surface area is 233 Å². The van der Waals surface area contributed by atoms with Crippen molar-refractivity contribution in [2.45, 2.75) is 13.1 Å². The lowest BCUT2D eigenvalue weighted by atomic mass is 9.97. The highest BCUT2D eigenvalue weighted by Gasteiger charge is 2.26. The topological polar surface area (TPSA) is 140 Å². The zero-order valence-electron chi connectivity index (χ0n) is 22.0. The number of hydrogen-bond acceptors (Lipinski definition) is 8. The van der Waals surface area contributed by atoms with Crippen molar-refractivity contribution in [2.75, 3.05) is 19.5 Å². The molecule has 0 aliphatic heterocycles. The summed E-state index contributed by atoms with van der Waals surface area (Å²) in [6.45, 7) is -1.63. The second kappa shape index (κ2) is 11.3. The van der Waals surface area contributed by atoms with E-state index in [4.69, 9.17) is 10.5 Å². The molecule has 1 heterocycles. The third-order valence-corrected chi connectivity index (χ3v) is 6.75. The Kier molecular flexibility index (Phi) is 7.47. The molecule has 0 fully saturated rings. The molecule has 0 aliphatic rings. The number of ketones is 1. The van der Waals surface area contributed by atoms with Gasteiger partial charge in [-0.2, -0.15) is 0 Å². The van der Waals surface area contributed by atoms with Gasteiger partial charge in [0.1, 0.15) is 17.9 Å². The van der Waals surface area contributed by atoms with Gasteiger partial charge in [0.25, 0.3) is 5.56 Å². The zero-order chi connectivity index (χ0) is 29.1. The summed E-state index contributed by atoms with van der Waals surface area (Å²) in [5, 5.41) is 2.90. The van der Waals surface area contributed by atoms with E-state index in [0.29, 0.717) is 20.9 Å². The van der Waals surface area contributed by atoms with Crippen molar-refractivity contribution in [1.29, 1.82) is 0 Å². The number of fused-ring (bicyclic) bond motifs is 2. The van der Waals surface area contributed by atoms with E-state index in [1.54, 1.807) is 54.6 Å². The van der Waals surface area contributed by atoms with E-state index in [-0.39, 0.29) is 12.1 Å². The van der Waals surface area contributed by atoms with Gasteiger partial charge in [-0.05, 0) is 33.2 Å². The average Bonchev–Trinajstić information content (AvgIpc) is 2.99. The number of methoxy groups -OCH3 is 1. The molecule has 0 spiro atoms. The Balaban J connectivity index is 1.53. The minimum atomic E-state index is -1.08. The molecule has 0 bridgehead atoms. The van der Waals surface area contributed by atoms with Crippen LogP contribution in [0.3, 0.4) is 0 Å². The monoisotopic (exact) mass is 551 g/mol. The second-order valence-electron chi connectivity index (χ2n) is 9.28. The molecule has 2 N–H and O–H groups in total. The number of carbonyl (C=O) groups is 3. The molecule has 206 valence electrons. The Morgan fingerprint density at radius 3 is 1.98 bits per heavy atom.